The van der Waals surface area contributed by atoms with Crippen molar-refractivity contribution in [3.8, 4) is 0 Å². The van der Waals surface area contributed by atoms with E-state index >= 15 is 0 Å². The molecule has 2 heterocycles. The van der Waals surface area contributed by atoms with E-state index in [1.807, 2.05) is 13.0 Å². The van der Waals surface area contributed by atoms with Crippen molar-refractivity contribution in [2.24, 2.45) is 14.1 Å². The average molecular weight is 436 g/mol. The van der Waals surface area contributed by atoms with Crippen molar-refractivity contribution >= 4 is 46.1 Å². The Kier molecular flexibility index (Phi) is 6.49. The van der Waals surface area contributed by atoms with Crippen molar-refractivity contribution in [2.45, 2.75) is 31.2 Å². The molecule has 0 aliphatic carbocycles. The van der Waals surface area contributed by atoms with Crippen LogP contribution in [0, 0.1) is 0 Å². The first kappa shape index (κ1) is 21.2. The number of rotatable bonds is 7. The van der Waals surface area contributed by atoms with Gasteiger partial charge in [-0.25, -0.2) is 9.78 Å². The molecule has 1 N–H and O–H groups in total. The zero-order valence-corrected chi connectivity index (χ0v) is 18.0. The van der Waals surface area contributed by atoms with E-state index in [0.29, 0.717) is 34.8 Å². The van der Waals surface area contributed by atoms with Crippen LogP contribution >= 0.6 is 23.4 Å². The third-order valence-electron chi connectivity index (χ3n) is 4.54. The molecule has 0 fully saturated rings. The van der Waals surface area contributed by atoms with E-state index in [2.05, 4.69) is 10.3 Å². The molecule has 0 atom stereocenters. The van der Waals surface area contributed by atoms with E-state index in [1.54, 1.807) is 35.5 Å². The SMILES string of the molecule is CCSc1ccc(Cl)cc1NC(=O)CCCn1cnc2c1c(=O)n(C)c(=O)n2C. The Morgan fingerprint density at radius 3 is 2.72 bits per heavy atom. The minimum atomic E-state index is -0.422. The van der Waals surface area contributed by atoms with Gasteiger partial charge in [0.15, 0.2) is 11.2 Å². The smallest absolute Gasteiger partial charge is 0.325 e. The fourth-order valence-corrected chi connectivity index (χ4v) is 3.98. The second kappa shape index (κ2) is 8.87. The summed E-state index contributed by atoms with van der Waals surface area (Å²) in [5.74, 6) is 0.755. The van der Waals surface area contributed by atoms with Gasteiger partial charge in [-0.3, -0.25) is 18.7 Å². The highest BCUT2D eigenvalue weighted by Gasteiger charge is 2.14. The molecule has 154 valence electrons. The summed E-state index contributed by atoms with van der Waals surface area (Å²) < 4.78 is 4.08. The fraction of sp³-hybridized carbons (Fsp3) is 0.368. The normalized spacial score (nSPS) is 11.2. The first-order chi connectivity index (χ1) is 13.8. The van der Waals surface area contributed by atoms with Gasteiger partial charge >= 0.3 is 5.69 Å². The molecule has 1 aromatic carbocycles. The van der Waals surface area contributed by atoms with Gasteiger partial charge in [0.2, 0.25) is 5.91 Å². The maximum Gasteiger partial charge on any atom is 0.332 e. The molecule has 0 saturated carbocycles. The highest BCUT2D eigenvalue weighted by atomic mass is 35.5. The molecule has 29 heavy (non-hydrogen) atoms. The predicted octanol–water partition coefficient (Wildman–Crippen LogP) is 2.62. The Morgan fingerprint density at radius 2 is 2.00 bits per heavy atom. The van der Waals surface area contributed by atoms with Crippen LogP contribution in [0.25, 0.3) is 11.2 Å². The van der Waals surface area contributed by atoms with Crippen LogP contribution in [0.5, 0.6) is 0 Å². The molecule has 3 aromatic rings. The van der Waals surface area contributed by atoms with Crippen LogP contribution in [-0.2, 0) is 25.4 Å². The van der Waals surface area contributed by atoms with Gasteiger partial charge in [-0.2, -0.15) is 0 Å². The quantitative estimate of drug-likeness (QED) is 0.576. The molecular weight excluding hydrogens is 414 g/mol. The fourth-order valence-electron chi connectivity index (χ4n) is 3.07. The van der Waals surface area contributed by atoms with Crippen LogP contribution in [0.1, 0.15) is 19.8 Å². The molecule has 8 nitrogen and oxygen atoms in total. The molecule has 0 unspecified atom stereocenters. The summed E-state index contributed by atoms with van der Waals surface area (Å²) in [7, 11) is 3.01. The zero-order valence-electron chi connectivity index (χ0n) is 16.4. The van der Waals surface area contributed by atoms with Gasteiger partial charge in [-0.1, -0.05) is 18.5 Å². The van der Waals surface area contributed by atoms with Gasteiger partial charge < -0.3 is 9.88 Å². The number of fused-ring (bicyclic) bond motifs is 1. The average Bonchev–Trinajstić information content (AvgIpc) is 3.11. The first-order valence-corrected chi connectivity index (χ1v) is 10.5. The van der Waals surface area contributed by atoms with E-state index in [1.165, 1.54) is 17.9 Å². The Hall–Kier alpha value is -2.52. The number of aromatic nitrogens is 4. The topological polar surface area (TPSA) is 90.9 Å². The summed E-state index contributed by atoms with van der Waals surface area (Å²) in [5.41, 5.74) is 0.570. The second-order valence-corrected chi connectivity index (χ2v) is 8.28. The number of anilines is 1. The lowest BCUT2D eigenvalue weighted by Crippen LogP contribution is -2.37. The van der Waals surface area contributed by atoms with Gasteiger partial charge in [0.05, 0.1) is 12.0 Å². The van der Waals surface area contributed by atoms with Crippen molar-refractivity contribution in [2.75, 3.05) is 11.1 Å². The predicted molar refractivity (Wildman–Crippen MR) is 116 cm³/mol. The zero-order chi connectivity index (χ0) is 21.1. The van der Waals surface area contributed by atoms with Crippen LogP contribution in [0.15, 0.2) is 39.0 Å². The molecule has 0 aliphatic rings. The van der Waals surface area contributed by atoms with E-state index in [4.69, 9.17) is 11.6 Å². The van der Waals surface area contributed by atoms with Crippen molar-refractivity contribution in [3.05, 3.63) is 50.4 Å². The molecular formula is C19H22ClN5O3S. The molecule has 2 aromatic heterocycles. The van der Waals surface area contributed by atoms with Crippen molar-refractivity contribution < 1.29 is 4.79 Å². The van der Waals surface area contributed by atoms with E-state index < -0.39 is 11.2 Å². The number of thioether (sulfide) groups is 1. The highest BCUT2D eigenvalue weighted by Crippen LogP contribution is 2.30. The van der Waals surface area contributed by atoms with Crippen molar-refractivity contribution in [1.82, 2.24) is 18.7 Å². The number of nitrogens with one attached hydrogen (secondary N) is 1. The van der Waals surface area contributed by atoms with Crippen molar-refractivity contribution in [1.29, 1.82) is 0 Å². The van der Waals surface area contributed by atoms with E-state index in [-0.39, 0.29) is 12.3 Å². The number of hydrogen-bond donors (Lipinski definition) is 1. The molecule has 0 saturated heterocycles. The minimum absolute atomic E-state index is 0.130. The largest absolute Gasteiger partial charge is 0.332 e. The van der Waals surface area contributed by atoms with Crippen LogP contribution in [-0.4, -0.2) is 30.3 Å². The lowest BCUT2D eigenvalue weighted by Gasteiger charge is -2.11. The van der Waals surface area contributed by atoms with Crippen LogP contribution in [0.3, 0.4) is 0 Å². The second-order valence-electron chi connectivity index (χ2n) is 6.54. The highest BCUT2D eigenvalue weighted by molar-refractivity contribution is 7.99. The molecule has 0 aliphatic heterocycles. The Labute approximate surface area is 176 Å². The minimum Gasteiger partial charge on any atom is -0.325 e. The van der Waals surface area contributed by atoms with Gasteiger partial charge in [-0.05, 0) is 30.4 Å². The summed E-state index contributed by atoms with van der Waals surface area (Å²) in [6.07, 6.45) is 2.31. The lowest BCUT2D eigenvalue weighted by molar-refractivity contribution is -0.116. The number of imidazole rings is 1. The molecule has 1 amide bonds. The number of aryl methyl sites for hydroxylation is 2. The summed E-state index contributed by atoms with van der Waals surface area (Å²) in [4.78, 5) is 42.0. The molecule has 0 spiro atoms. The Bertz CT molecular complexity index is 1180. The first-order valence-electron chi connectivity index (χ1n) is 9.16. The number of benzene rings is 1. The van der Waals surface area contributed by atoms with Gasteiger partial charge in [0.1, 0.15) is 0 Å². The lowest BCUT2D eigenvalue weighted by atomic mass is 10.2. The van der Waals surface area contributed by atoms with Crippen LogP contribution < -0.4 is 16.6 Å². The third-order valence-corrected chi connectivity index (χ3v) is 5.73. The number of amides is 1. The summed E-state index contributed by atoms with van der Waals surface area (Å²) >= 11 is 7.68. The van der Waals surface area contributed by atoms with Gasteiger partial charge in [-0.15, -0.1) is 11.8 Å². The monoisotopic (exact) mass is 435 g/mol. The number of hydrogen-bond acceptors (Lipinski definition) is 5. The van der Waals surface area contributed by atoms with Crippen molar-refractivity contribution in [3.63, 3.8) is 0 Å². The van der Waals surface area contributed by atoms with Gasteiger partial charge in [0.25, 0.3) is 5.56 Å². The molecule has 3 rings (SSSR count). The Balaban J connectivity index is 1.70. The van der Waals surface area contributed by atoms with E-state index in [0.717, 1.165) is 15.2 Å². The molecule has 0 radical (unpaired) electrons. The number of nitrogens with zero attached hydrogens (tertiary/aromatic N) is 4. The Morgan fingerprint density at radius 1 is 1.24 bits per heavy atom. The maximum atomic E-state index is 12.4. The summed E-state index contributed by atoms with van der Waals surface area (Å²) in [6.45, 7) is 2.48. The van der Waals surface area contributed by atoms with Gasteiger partial charge in [0, 0.05) is 37.0 Å². The van der Waals surface area contributed by atoms with E-state index in [9.17, 15) is 14.4 Å². The third kappa shape index (κ3) is 4.40. The number of carbonyl (C=O) groups is 1. The maximum absolute atomic E-state index is 12.4. The molecule has 0 bridgehead atoms. The number of carbonyl (C=O) groups excluding carboxylic acids is 1. The summed E-state index contributed by atoms with van der Waals surface area (Å²) in [6, 6.07) is 5.43. The van der Waals surface area contributed by atoms with Crippen LogP contribution in [0.4, 0.5) is 5.69 Å². The standard InChI is InChI=1S/C19H22ClN5O3S/c1-4-29-14-8-7-12(20)10-13(14)22-15(26)6-5-9-25-11-21-17-16(25)18(27)24(3)19(28)23(17)2/h7-8,10-11H,4-6,9H2,1-3H3,(H,22,26). The van der Waals surface area contributed by atoms with Crippen LogP contribution in [0.2, 0.25) is 5.02 Å². The number of halogens is 1. The molecule has 10 heteroatoms. The summed E-state index contributed by atoms with van der Waals surface area (Å²) in [5, 5.41) is 3.47.